The quantitative estimate of drug-likeness (QED) is 0.443. The summed E-state index contributed by atoms with van der Waals surface area (Å²) in [5, 5.41) is 0. The summed E-state index contributed by atoms with van der Waals surface area (Å²) in [4.78, 5) is 38.3. The number of carbonyl (C=O) groups is 3. The second-order valence-corrected chi connectivity index (χ2v) is 9.21. The van der Waals surface area contributed by atoms with Crippen LogP contribution >= 0.6 is 0 Å². The van der Waals surface area contributed by atoms with Gasteiger partial charge in [0.25, 0.3) is 0 Å². The van der Waals surface area contributed by atoms with E-state index >= 15 is 0 Å². The summed E-state index contributed by atoms with van der Waals surface area (Å²) in [6.07, 6.45) is -2.35. The van der Waals surface area contributed by atoms with Gasteiger partial charge in [0.1, 0.15) is 23.9 Å². The number of ether oxygens (including phenoxy) is 3. The van der Waals surface area contributed by atoms with Crippen molar-refractivity contribution in [1.82, 2.24) is 4.90 Å². The zero-order chi connectivity index (χ0) is 24.0. The molecule has 0 aliphatic carbocycles. The molecule has 0 N–H and O–H groups in total. The number of esters is 2. The highest BCUT2D eigenvalue weighted by atomic mass is 19.1. The minimum Gasteiger partial charge on any atom is -0.458 e. The number of hydrogen-bond donors (Lipinski definition) is 0. The predicted molar refractivity (Wildman–Crippen MR) is 114 cm³/mol. The van der Waals surface area contributed by atoms with Crippen molar-refractivity contribution in [3.8, 4) is 0 Å². The van der Waals surface area contributed by atoms with Gasteiger partial charge in [0.15, 0.2) is 6.10 Å². The second-order valence-electron chi connectivity index (χ2n) is 9.21. The molecule has 0 heterocycles. The highest BCUT2D eigenvalue weighted by Crippen LogP contribution is 2.22. The molecule has 0 saturated carbocycles. The molecule has 0 fully saturated rings. The number of hydrogen-bond acceptors (Lipinski definition) is 6. The molecule has 2 atom stereocenters. The molecule has 0 unspecified atom stereocenters. The first-order valence-electron chi connectivity index (χ1n) is 10.2. The monoisotopic (exact) mass is 439 g/mol. The van der Waals surface area contributed by atoms with Crippen LogP contribution in [0.5, 0.6) is 0 Å². The number of likely N-dealkylation sites (N-methyl/N-ethyl adjacent to an activating group) is 1. The highest BCUT2D eigenvalue weighted by Gasteiger charge is 2.37. The summed E-state index contributed by atoms with van der Waals surface area (Å²) >= 11 is 0. The molecule has 8 heteroatoms. The number of carbonyl (C=O) groups excluding carboxylic acids is 3. The van der Waals surface area contributed by atoms with E-state index in [0.717, 1.165) is 16.0 Å². The van der Waals surface area contributed by atoms with Gasteiger partial charge in [-0.15, -0.1) is 0 Å². The Kier molecular flexibility index (Phi) is 9.02. The van der Waals surface area contributed by atoms with Crippen LogP contribution in [0.3, 0.4) is 0 Å². The van der Waals surface area contributed by atoms with E-state index in [1.54, 1.807) is 20.8 Å². The van der Waals surface area contributed by atoms with Gasteiger partial charge in [-0.05, 0) is 54.0 Å². The number of amides is 1. The Morgan fingerprint density at radius 3 is 2.23 bits per heavy atom. The van der Waals surface area contributed by atoms with Crippen molar-refractivity contribution in [2.75, 3.05) is 7.05 Å². The molecule has 31 heavy (non-hydrogen) atoms. The fourth-order valence-electron chi connectivity index (χ4n) is 2.67. The van der Waals surface area contributed by atoms with E-state index in [0.29, 0.717) is 0 Å². The Morgan fingerprint density at radius 1 is 1.10 bits per heavy atom. The molecular formula is C23H34FNO6. The maximum Gasteiger partial charge on any atom is 0.410 e. The predicted octanol–water partition coefficient (Wildman–Crippen LogP) is 4.34. The minimum atomic E-state index is -1.77. The third-order valence-electron chi connectivity index (χ3n) is 4.19. The lowest BCUT2D eigenvalue weighted by Crippen LogP contribution is -2.49. The average molecular weight is 440 g/mol. The summed E-state index contributed by atoms with van der Waals surface area (Å²) in [5.41, 5.74) is -0.740. The lowest BCUT2D eigenvalue weighted by atomic mass is 10.00. The van der Waals surface area contributed by atoms with Gasteiger partial charge in [-0.3, -0.25) is 4.90 Å². The van der Waals surface area contributed by atoms with Gasteiger partial charge in [-0.1, -0.05) is 29.8 Å². The summed E-state index contributed by atoms with van der Waals surface area (Å²) in [5.74, 6) is -1.66. The summed E-state index contributed by atoms with van der Waals surface area (Å²) in [6.45, 7) is 10.9. The van der Waals surface area contributed by atoms with Crippen molar-refractivity contribution in [1.29, 1.82) is 0 Å². The maximum absolute atomic E-state index is 14.3. The molecule has 0 bridgehead atoms. The zero-order valence-corrected chi connectivity index (χ0v) is 19.7. The smallest absolute Gasteiger partial charge is 0.410 e. The van der Waals surface area contributed by atoms with Gasteiger partial charge in [0, 0.05) is 13.5 Å². The molecule has 1 aromatic carbocycles. The molecule has 0 saturated heterocycles. The normalized spacial score (nSPS) is 13.7. The maximum atomic E-state index is 14.3. The van der Waals surface area contributed by atoms with Crippen LogP contribution in [0.2, 0.25) is 0 Å². The Hall–Kier alpha value is -2.64. The number of aryl methyl sites for hydroxylation is 1. The lowest BCUT2D eigenvalue weighted by Gasteiger charge is -2.32. The van der Waals surface area contributed by atoms with Gasteiger partial charge in [0.05, 0.1) is 0 Å². The standard InChI is InChI=1S/C23H34FNO6/c1-15-10-9-11-17(12-15)14-29-19(26)16(2)30-20(27)18(13-23(6,7)24)25(8)21(28)31-22(3,4)5/h9-12,16,18H,13-14H2,1-8H3/t16-,18+/m1/s1. The molecule has 0 aliphatic heterocycles. The molecular weight excluding hydrogens is 405 g/mol. The van der Waals surface area contributed by atoms with Crippen molar-refractivity contribution in [2.45, 2.75) is 84.9 Å². The van der Waals surface area contributed by atoms with Gasteiger partial charge in [0.2, 0.25) is 0 Å². The molecule has 1 aromatic rings. The fourth-order valence-corrected chi connectivity index (χ4v) is 2.67. The highest BCUT2D eigenvalue weighted by molar-refractivity contribution is 5.84. The molecule has 1 amide bonds. The number of alkyl halides is 1. The Bertz CT molecular complexity index is 781. The van der Waals surface area contributed by atoms with E-state index in [4.69, 9.17) is 14.2 Å². The first kappa shape index (κ1) is 26.4. The minimum absolute atomic E-state index is 0.0289. The van der Waals surface area contributed by atoms with Crippen molar-refractivity contribution >= 4 is 18.0 Å². The molecule has 0 spiro atoms. The largest absolute Gasteiger partial charge is 0.458 e. The van der Waals surface area contributed by atoms with Gasteiger partial charge < -0.3 is 14.2 Å². The van der Waals surface area contributed by atoms with Crippen LogP contribution in [0.4, 0.5) is 9.18 Å². The number of nitrogens with zero attached hydrogens (tertiary/aromatic N) is 1. The van der Waals surface area contributed by atoms with E-state index in [2.05, 4.69) is 0 Å². The van der Waals surface area contributed by atoms with E-state index in [9.17, 15) is 18.8 Å². The SMILES string of the molecule is Cc1cccc(COC(=O)[C@@H](C)OC(=O)[C@H](CC(C)(C)F)N(C)C(=O)OC(C)(C)C)c1. The Morgan fingerprint density at radius 2 is 1.71 bits per heavy atom. The number of halogens is 1. The van der Waals surface area contributed by atoms with Gasteiger partial charge in [-0.25, -0.2) is 18.8 Å². The van der Waals surface area contributed by atoms with Crippen LogP contribution in [0.1, 0.15) is 59.1 Å². The van der Waals surface area contributed by atoms with Gasteiger partial charge in [-0.2, -0.15) is 0 Å². The Labute approximate surface area is 183 Å². The van der Waals surface area contributed by atoms with Crippen molar-refractivity contribution in [3.63, 3.8) is 0 Å². The molecule has 0 aliphatic rings. The third-order valence-corrected chi connectivity index (χ3v) is 4.19. The molecule has 1 rings (SSSR count). The van der Waals surface area contributed by atoms with Crippen molar-refractivity contribution in [2.24, 2.45) is 0 Å². The van der Waals surface area contributed by atoms with E-state index < -0.39 is 41.4 Å². The fraction of sp³-hybridized carbons (Fsp3) is 0.609. The Balaban J connectivity index is 2.81. The molecule has 0 radical (unpaired) electrons. The van der Waals surface area contributed by atoms with Crippen molar-refractivity contribution < 1.29 is 33.0 Å². The molecule has 7 nitrogen and oxygen atoms in total. The van der Waals surface area contributed by atoms with Crippen LogP contribution in [0.15, 0.2) is 24.3 Å². The van der Waals surface area contributed by atoms with Crippen LogP contribution in [-0.4, -0.2) is 53.4 Å². The van der Waals surface area contributed by atoms with Crippen LogP contribution < -0.4 is 0 Å². The van der Waals surface area contributed by atoms with E-state index in [-0.39, 0.29) is 13.0 Å². The molecule has 174 valence electrons. The zero-order valence-electron chi connectivity index (χ0n) is 19.7. The number of rotatable bonds is 8. The summed E-state index contributed by atoms with van der Waals surface area (Å²) in [6, 6.07) is 6.17. The van der Waals surface area contributed by atoms with E-state index in [1.165, 1.54) is 27.8 Å². The number of benzene rings is 1. The van der Waals surface area contributed by atoms with Crippen LogP contribution in [-0.2, 0) is 30.4 Å². The van der Waals surface area contributed by atoms with Crippen LogP contribution in [0, 0.1) is 6.92 Å². The first-order chi connectivity index (χ1) is 14.1. The topological polar surface area (TPSA) is 82.1 Å². The van der Waals surface area contributed by atoms with E-state index in [1.807, 2.05) is 31.2 Å². The second kappa shape index (κ2) is 10.6. The summed E-state index contributed by atoms with van der Waals surface area (Å²) in [7, 11) is 1.33. The van der Waals surface area contributed by atoms with Crippen molar-refractivity contribution in [3.05, 3.63) is 35.4 Å². The third kappa shape index (κ3) is 9.81. The van der Waals surface area contributed by atoms with Gasteiger partial charge >= 0.3 is 18.0 Å². The summed E-state index contributed by atoms with van der Waals surface area (Å²) < 4.78 is 30.0. The first-order valence-corrected chi connectivity index (χ1v) is 10.2. The molecule has 0 aromatic heterocycles. The average Bonchev–Trinajstić information content (AvgIpc) is 2.61. The van der Waals surface area contributed by atoms with Crippen LogP contribution in [0.25, 0.3) is 0 Å². The lowest BCUT2D eigenvalue weighted by molar-refractivity contribution is -0.170.